The van der Waals surface area contributed by atoms with Crippen LogP contribution in [0.3, 0.4) is 0 Å². The number of likely N-dealkylation sites (N-methyl/N-ethyl adjacent to an activating group) is 2. The number of amides is 13. The maximum Gasteiger partial charge on any atom is 0.494 e. The average Bonchev–Trinajstić information content (AvgIpc) is 1.61. The molecular weight excluding hydrogens is 1840 g/mol. The van der Waals surface area contributed by atoms with Gasteiger partial charge in [0, 0.05) is 108 Å². The summed E-state index contributed by atoms with van der Waals surface area (Å²) < 4.78 is 16.3. The number of aryl methyl sites for hydroxylation is 1. The molecule has 0 bridgehead atoms. The lowest BCUT2D eigenvalue weighted by atomic mass is 9.78. The van der Waals surface area contributed by atoms with Crippen molar-refractivity contribution in [3.63, 3.8) is 0 Å². The Labute approximate surface area is 716 Å². The van der Waals surface area contributed by atoms with Gasteiger partial charge in [0.05, 0.1) is 17.7 Å². The van der Waals surface area contributed by atoms with Gasteiger partial charge in [0.2, 0.25) is 29.5 Å². The summed E-state index contributed by atoms with van der Waals surface area (Å²) in [6.45, 7) is 11.4. The smallest absolute Gasteiger partial charge is 0.399 e. The van der Waals surface area contributed by atoms with Crippen molar-refractivity contribution in [3.05, 3.63) is 226 Å². The quantitative estimate of drug-likeness (QED) is 0.0230. The number of hydrogen-bond acceptors (Lipinski definition) is 14. The van der Waals surface area contributed by atoms with E-state index in [-0.39, 0.29) is 126 Å². The number of rotatable bonds is 16. The van der Waals surface area contributed by atoms with Crippen molar-refractivity contribution >= 4 is 185 Å². The van der Waals surface area contributed by atoms with Gasteiger partial charge in [0.25, 0.3) is 11.8 Å². The zero-order valence-corrected chi connectivity index (χ0v) is 72.5. The molecule has 0 unspecified atom stereocenters. The Hall–Kier alpha value is -8.14. The molecule has 2 saturated carbocycles. The molecule has 2 aliphatic carbocycles. The van der Waals surface area contributed by atoms with E-state index in [9.17, 15) is 52.7 Å². The molecule has 6 aliphatic heterocycles. The van der Waals surface area contributed by atoms with Crippen molar-refractivity contribution in [3.8, 4) is 11.1 Å². The summed E-state index contributed by atoms with van der Waals surface area (Å²) in [5.74, 6) is -0.914. The molecule has 8 aliphatic rings. The van der Waals surface area contributed by atoms with E-state index < -0.39 is 5.91 Å². The Morgan fingerprint density at radius 3 is 1.27 bits per heavy atom. The van der Waals surface area contributed by atoms with Gasteiger partial charge in [-0.3, -0.25) is 53.5 Å². The topological polar surface area (TPSA) is 319 Å². The first-order valence-corrected chi connectivity index (χ1v) is 40.7. The van der Waals surface area contributed by atoms with E-state index in [0.29, 0.717) is 50.2 Å². The van der Waals surface area contributed by atoms with E-state index >= 15 is 0 Å². The van der Waals surface area contributed by atoms with Crippen molar-refractivity contribution in [1.29, 1.82) is 0 Å². The van der Waals surface area contributed by atoms with Gasteiger partial charge in [-0.2, -0.15) is 0 Å². The predicted molar refractivity (Wildman–Crippen MR) is 463 cm³/mol. The Morgan fingerprint density at radius 1 is 0.531 bits per heavy atom. The third kappa shape index (κ3) is 27.2. The zero-order valence-electron chi connectivity index (χ0n) is 63.2. The van der Waals surface area contributed by atoms with Crippen molar-refractivity contribution in [2.24, 2.45) is 17.2 Å². The van der Waals surface area contributed by atoms with Crippen LogP contribution in [0.25, 0.3) is 11.1 Å². The number of imide groups is 3. The SMILES string of the molecule is C.CC1(C)OB(c2ccc3c(c2)CN(C2CC2)C3=O)OC1(C)C.CI.CN1C(=O)CN(Cc2ccc(-c3ccc4c(c3)CN(C3CC3)C4=O)cc2)C1=O.CN1C(=O)CN(Cc2ccc(Br)cc2)C1=O.Cl.NC(=O)CCCc1ccc(Br)cc1.NCC(N)=O.O=C1CN(Cc2ccc(Br)cc2)C(=O)N1.O=Cc1ccc(Br)cc1.[B]. The molecule has 6 fully saturated rings. The molecule has 15 rings (SSSR count). The van der Waals surface area contributed by atoms with Gasteiger partial charge in [0.1, 0.15) is 25.9 Å². The maximum atomic E-state index is 12.5. The van der Waals surface area contributed by atoms with Crippen molar-refractivity contribution in [2.75, 3.05) is 45.2 Å². The number of carbonyl (C=O) groups is 11. The lowest BCUT2D eigenvalue weighted by Gasteiger charge is -2.32. The first kappa shape index (κ1) is 95.4. The number of nitrogens with two attached hydrogens (primary N) is 3. The van der Waals surface area contributed by atoms with E-state index in [1.54, 1.807) is 17.0 Å². The summed E-state index contributed by atoms with van der Waals surface area (Å²) in [7, 11) is 2.66. The largest absolute Gasteiger partial charge is 0.494 e. The van der Waals surface area contributed by atoms with Crippen molar-refractivity contribution in [1.82, 2.24) is 39.6 Å². The van der Waals surface area contributed by atoms with Crippen LogP contribution in [0.5, 0.6) is 0 Å². The standard InChI is InChI=1S/C22H21N3O3.C17H22BNO3.C11H11BrN2O2.C10H9BrN2O2.C10H12BrNO.C7H5BrO.C2H6N2O.CH3I.CH4.B.ClH/c1-23-20(26)13-24(22(23)28)11-14-2-4-15(5-3-14)16-6-9-19-17(10-16)12-25(21(19)27)18-7-8-18;1-16(2)17(3,4)22-18(21-16)12-5-8-14-11(9-12)10-19(15(14)20)13-6-7-13;1-13-10(15)7-14(11(13)16)6-8-2-4-9(12)5-3-8;11-8-3-1-7(2-4-8)5-13-6-9(14)12-10(13)15;11-9-6-4-8(5-7-9)2-1-3-10(12)13;8-7-3-1-6(5-9)2-4-7;3-1-2(4)5;1-2;;;/h2-6,9-10,18H,7-8,11-13H2,1H3;5,8-9,13H,6-7,10H2,1-4H3;2-5H,6-7H2,1H3;1-4H,5-6H2,(H,12,14,15);4-7H,1-3H2,(H2,12,13);1-5H;1,3H2,(H2,4,5);1H3;1H4;;1H. The minimum absolute atomic E-state index is 0. The maximum absolute atomic E-state index is 12.5. The number of primary amides is 2. The molecular formula is C81H94B2Br4ClIN11O13. The number of alkyl halides is 1. The molecule has 599 valence electrons. The van der Waals surface area contributed by atoms with Crippen LogP contribution < -0.4 is 28.0 Å². The highest BCUT2D eigenvalue weighted by Gasteiger charge is 2.52. The number of nitrogens with one attached hydrogen (secondary N) is 1. The van der Waals surface area contributed by atoms with Gasteiger partial charge in [-0.25, -0.2) is 14.4 Å². The summed E-state index contributed by atoms with van der Waals surface area (Å²) in [4.78, 5) is 136. The van der Waals surface area contributed by atoms with Gasteiger partial charge >= 0.3 is 25.2 Å². The van der Waals surface area contributed by atoms with Crippen LogP contribution in [-0.4, -0.2) is 184 Å². The normalized spacial score (nSPS) is 16.3. The lowest BCUT2D eigenvalue weighted by molar-refractivity contribution is -0.125. The van der Waals surface area contributed by atoms with Gasteiger partial charge in [0.15, 0.2) is 0 Å². The minimum Gasteiger partial charge on any atom is -0.399 e. The molecule has 7 N–H and O–H groups in total. The summed E-state index contributed by atoms with van der Waals surface area (Å²) >= 11 is 15.5. The number of fused-ring (bicyclic) bond motifs is 2. The Morgan fingerprint density at radius 2 is 0.903 bits per heavy atom. The van der Waals surface area contributed by atoms with Gasteiger partial charge in [-0.05, 0) is 188 Å². The second kappa shape index (κ2) is 44.1. The van der Waals surface area contributed by atoms with E-state index in [4.69, 9.17) is 20.8 Å². The highest BCUT2D eigenvalue weighted by atomic mass is 127. The van der Waals surface area contributed by atoms with Crippen LogP contribution in [0.4, 0.5) is 14.4 Å². The van der Waals surface area contributed by atoms with Crippen molar-refractivity contribution in [2.45, 2.75) is 136 Å². The van der Waals surface area contributed by atoms with Crippen molar-refractivity contribution < 1.29 is 62.0 Å². The molecule has 6 heterocycles. The third-order valence-electron chi connectivity index (χ3n) is 19.0. The number of carbonyl (C=O) groups excluding carboxylic acids is 11. The molecule has 0 spiro atoms. The minimum atomic E-state index is -0.468. The lowest BCUT2D eigenvalue weighted by Crippen LogP contribution is -2.41. The van der Waals surface area contributed by atoms with Crippen LogP contribution in [0.15, 0.2) is 176 Å². The van der Waals surface area contributed by atoms with Crippen LogP contribution in [0.1, 0.15) is 138 Å². The second-order valence-corrected chi connectivity index (χ2v) is 31.5. The fourth-order valence-electron chi connectivity index (χ4n) is 11.8. The Kier molecular flexibility index (Phi) is 37.2. The summed E-state index contributed by atoms with van der Waals surface area (Å²) in [5, 5.41) is 2.24. The molecule has 0 atom stereocenters. The molecule has 113 heavy (non-hydrogen) atoms. The zero-order chi connectivity index (χ0) is 80.3. The summed E-state index contributed by atoms with van der Waals surface area (Å²) in [6, 6.07) is 50.8. The molecule has 0 aromatic heterocycles. The first-order chi connectivity index (χ1) is 52.3. The van der Waals surface area contributed by atoms with Crippen LogP contribution in [-0.2, 0) is 72.4 Å². The highest BCUT2D eigenvalue weighted by Crippen LogP contribution is 2.39. The monoisotopic (exact) mass is 1930 g/mol. The fourth-order valence-corrected chi connectivity index (χ4v) is 12.9. The van der Waals surface area contributed by atoms with Gasteiger partial charge in [-0.15, -0.1) is 12.4 Å². The van der Waals surface area contributed by atoms with E-state index in [2.05, 4.69) is 137 Å². The molecule has 3 radical (unpaired) electrons. The van der Waals surface area contributed by atoms with Crippen LogP contribution in [0, 0.1) is 0 Å². The second-order valence-electron chi connectivity index (χ2n) is 27.8. The fraction of sp³-hybridized carbons (Fsp3) is 0.346. The number of aldehydes is 1. The van der Waals surface area contributed by atoms with Crippen LogP contribution in [0.2, 0.25) is 0 Å². The number of benzene rings is 7. The van der Waals surface area contributed by atoms with E-state index in [1.807, 2.05) is 148 Å². The summed E-state index contributed by atoms with van der Waals surface area (Å²) in [5.41, 5.74) is 25.6. The molecule has 7 aromatic carbocycles. The Bertz CT molecular complexity index is 4480. The highest BCUT2D eigenvalue weighted by molar-refractivity contribution is 14.1. The molecule has 4 saturated heterocycles. The number of hydrogen-bond donors (Lipinski definition) is 4. The number of urea groups is 3. The van der Waals surface area contributed by atoms with E-state index in [0.717, 1.165) is 135 Å². The molecule has 7 aromatic rings. The molecule has 24 nitrogen and oxygen atoms in total. The first-order valence-electron chi connectivity index (χ1n) is 35.4. The number of nitrogens with zero attached hydrogens (tertiary/aromatic N) is 7. The van der Waals surface area contributed by atoms with Crippen LogP contribution >= 0.6 is 98.7 Å². The van der Waals surface area contributed by atoms with Gasteiger partial charge < -0.3 is 51.0 Å². The third-order valence-corrected chi connectivity index (χ3v) is 21.1. The van der Waals surface area contributed by atoms with Gasteiger partial charge in [-0.1, -0.05) is 185 Å². The molecule has 13 amide bonds. The predicted octanol–water partition coefficient (Wildman–Crippen LogP) is 13.0. The van der Waals surface area contributed by atoms with E-state index in [1.165, 1.54) is 29.5 Å². The molecule has 32 heteroatoms. The summed E-state index contributed by atoms with van der Waals surface area (Å²) in [6.07, 6.45) is 7.56. The number of halogens is 6. The Balaban J connectivity index is 0.000000244. The average molecular weight is 1930 g/mol.